The summed E-state index contributed by atoms with van der Waals surface area (Å²) in [5, 5.41) is 0. The van der Waals surface area contributed by atoms with Crippen molar-refractivity contribution in [1.82, 2.24) is 0 Å². The first-order valence-electron chi connectivity index (χ1n) is 6.56. The molecule has 2 aromatic carbocycles. The zero-order chi connectivity index (χ0) is 15.1. The van der Waals surface area contributed by atoms with Crippen LogP contribution in [0.2, 0.25) is 0 Å². The monoisotopic (exact) mass is 410 g/mol. The first kappa shape index (κ1) is 16.0. The summed E-state index contributed by atoms with van der Waals surface area (Å²) in [7, 11) is 0. The molecule has 0 radical (unpaired) electrons. The molecule has 0 N–H and O–H groups in total. The van der Waals surface area contributed by atoms with E-state index in [0.29, 0.717) is 6.61 Å². The van der Waals surface area contributed by atoms with Crippen LogP contribution in [0.5, 0.6) is 0 Å². The molecule has 2 nitrogen and oxygen atoms in total. The minimum atomic E-state index is -0.232. The molecule has 0 bridgehead atoms. The van der Waals surface area contributed by atoms with E-state index in [2.05, 4.69) is 15.9 Å². The molecule has 4 heteroatoms. The molecule has 0 heterocycles. The molecule has 0 saturated heterocycles. The van der Waals surface area contributed by atoms with Gasteiger partial charge < -0.3 is 0 Å². The van der Waals surface area contributed by atoms with Gasteiger partial charge in [-0.05, 0) is 0 Å². The summed E-state index contributed by atoms with van der Waals surface area (Å²) >= 11 is 3.34. The second-order valence-electron chi connectivity index (χ2n) is 4.20. The van der Waals surface area contributed by atoms with E-state index in [1.165, 1.54) is 0 Å². The average molecular weight is 410 g/mol. The molecule has 0 spiro atoms. The normalized spacial score (nSPS) is 11.2. The van der Waals surface area contributed by atoms with Crippen molar-refractivity contribution in [2.45, 2.75) is 6.92 Å². The van der Waals surface area contributed by atoms with Crippen molar-refractivity contribution in [1.29, 1.82) is 0 Å². The molecule has 0 aliphatic rings. The van der Waals surface area contributed by atoms with Crippen LogP contribution in [0, 0.1) is 0 Å². The van der Waals surface area contributed by atoms with E-state index in [4.69, 9.17) is 4.74 Å². The van der Waals surface area contributed by atoms with Crippen molar-refractivity contribution in [3.8, 4) is 0 Å². The molecule has 0 aromatic heterocycles. The van der Waals surface area contributed by atoms with Crippen molar-refractivity contribution < 1.29 is 9.53 Å². The summed E-state index contributed by atoms with van der Waals surface area (Å²) in [6, 6.07) is 17.9. The first-order valence-corrected chi connectivity index (χ1v) is 9.07. The quantitative estimate of drug-likeness (QED) is 0.429. The predicted molar refractivity (Wildman–Crippen MR) is 90.6 cm³/mol. The van der Waals surface area contributed by atoms with Gasteiger partial charge in [0.15, 0.2) is 0 Å². The van der Waals surface area contributed by atoms with Gasteiger partial charge >= 0.3 is 140 Å². The summed E-state index contributed by atoms with van der Waals surface area (Å²) < 4.78 is 8.07. The number of carbonyl (C=O) groups excluding carboxylic acids is 1. The van der Waals surface area contributed by atoms with Crippen molar-refractivity contribution in [2.75, 3.05) is 6.61 Å². The van der Waals surface area contributed by atoms with Gasteiger partial charge in [-0.25, -0.2) is 0 Å². The van der Waals surface area contributed by atoms with Crippen molar-refractivity contribution in [2.24, 2.45) is 0 Å². The number of carbonyl (C=O) groups is 1. The van der Waals surface area contributed by atoms with E-state index in [-0.39, 0.29) is 20.9 Å². The van der Waals surface area contributed by atoms with Gasteiger partial charge in [0.25, 0.3) is 0 Å². The fraction of sp³-hybridized carbons (Fsp3) is 0.118. The van der Waals surface area contributed by atoms with Crippen LogP contribution in [-0.2, 0) is 9.53 Å². The Kier molecular flexibility index (Phi) is 6.24. The topological polar surface area (TPSA) is 26.3 Å². The first-order chi connectivity index (χ1) is 10.2. The number of halogens is 1. The van der Waals surface area contributed by atoms with Gasteiger partial charge in [0.1, 0.15) is 0 Å². The third-order valence-electron chi connectivity index (χ3n) is 2.62. The van der Waals surface area contributed by atoms with Crippen LogP contribution in [0.3, 0.4) is 0 Å². The number of hydrogen-bond donors (Lipinski definition) is 0. The SMILES string of the molecule is CCOC(=O)C(=Cc1ccc(Br)cc1)[Se]c1ccccc1. The Hall–Kier alpha value is -1.35. The Balaban J connectivity index is 2.27. The van der Waals surface area contributed by atoms with Crippen LogP contribution >= 0.6 is 15.9 Å². The second kappa shape index (κ2) is 8.18. The summed E-state index contributed by atoms with van der Waals surface area (Å²) in [4.78, 5) is 12.1. The summed E-state index contributed by atoms with van der Waals surface area (Å²) in [6.45, 7) is 2.21. The third kappa shape index (κ3) is 5.16. The Morgan fingerprint density at radius 1 is 1.14 bits per heavy atom. The van der Waals surface area contributed by atoms with Gasteiger partial charge in [0, 0.05) is 0 Å². The molecule has 108 valence electrons. The third-order valence-corrected chi connectivity index (χ3v) is 5.27. The zero-order valence-electron chi connectivity index (χ0n) is 11.6. The number of benzene rings is 2. The Bertz CT molecular complexity index is 621. The van der Waals surface area contributed by atoms with Crippen LogP contribution < -0.4 is 4.46 Å². The number of rotatable bonds is 5. The Morgan fingerprint density at radius 2 is 1.81 bits per heavy atom. The molecule has 0 amide bonds. The van der Waals surface area contributed by atoms with Gasteiger partial charge in [-0.15, -0.1) is 0 Å². The van der Waals surface area contributed by atoms with E-state index >= 15 is 0 Å². The fourth-order valence-corrected chi connectivity index (χ4v) is 3.78. The van der Waals surface area contributed by atoms with E-state index in [0.717, 1.165) is 19.0 Å². The van der Waals surface area contributed by atoms with E-state index in [1.807, 2.05) is 67.6 Å². The maximum atomic E-state index is 12.1. The van der Waals surface area contributed by atoms with E-state index < -0.39 is 0 Å². The van der Waals surface area contributed by atoms with E-state index in [1.54, 1.807) is 0 Å². The van der Waals surface area contributed by atoms with Crippen LogP contribution in [0.1, 0.15) is 12.5 Å². The number of esters is 1. The van der Waals surface area contributed by atoms with Gasteiger partial charge in [-0.2, -0.15) is 0 Å². The van der Waals surface area contributed by atoms with Gasteiger partial charge in [-0.1, -0.05) is 0 Å². The van der Waals surface area contributed by atoms with Crippen molar-refractivity contribution in [3.05, 3.63) is 69.1 Å². The number of ether oxygens (including phenoxy) is 1. The summed E-state index contributed by atoms with van der Waals surface area (Å²) in [5.74, 6) is -0.232. The standard InChI is InChI=1S/C17H15BrO2Se/c1-2-20-17(19)16(21-15-6-4-3-5-7-15)12-13-8-10-14(18)11-9-13/h3-12H,2H2,1H3. The number of hydrogen-bond acceptors (Lipinski definition) is 2. The average Bonchev–Trinajstić information content (AvgIpc) is 2.50. The van der Waals surface area contributed by atoms with Crippen LogP contribution in [0.15, 0.2) is 63.5 Å². The van der Waals surface area contributed by atoms with Gasteiger partial charge in [-0.3, -0.25) is 0 Å². The molecule has 0 unspecified atom stereocenters. The zero-order valence-corrected chi connectivity index (χ0v) is 14.9. The molecule has 2 rings (SSSR count). The molecule has 21 heavy (non-hydrogen) atoms. The molecule has 2 aromatic rings. The second-order valence-corrected chi connectivity index (χ2v) is 7.45. The van der Waals surface area contributed by atoms with Crippen molar-refractivity contribution >= 4 is 47.4 Å². The predicted octanol–water partition coefficient (Wildman–Crippen LogP) is 3.38. The van der Waals surface area contributed by atoms with Crippen LogP contribution in [-0.4, -0.2) is 27.5 Å². The molecule has 0 aliphatic carbocycles. The van der Waals surface area contributed by atoms with Crippen LogP contribution in [0.4, 0.5) is 0 Å². The van der Waals surface area contributed by atoms with E-state index in [9.17, 15) is 4.79 Å². The Labute approximate surface area is 139 Å². The molecule has 0 fully saturated rings. The summed E-state index contributed by atoms with van der Waals surface area (Å²) in [6.07, 6.45) is 1.91. The minimum absolute atomic E-state index is 0.0689. The molecular weight excluding hydrogens is 395 g/mol. The molecule has 0 atom stereocenters. The van der Waals surface area contributed by atoms with Gasteiger partial charge in [0.05, 0.1) is 0 Å². The molecular formula is C17H15BrO2Se. The van der Waals surface area contributed by atoms with Crippen molar-refractivity contribution in [3.63, 3.8) is 0 Å². The van der Waals surface area contributed by atoms with Gasteiger partial charge in [0.2, 0.25) is 0 Å². The summed E-state index contributed by atoms with van der Waals surface area (Å²) in [5.41, 5.74) is 0.999. The molecule has 0 saturated carbocycles. The Morgan fingerprint density at radius 3 is 2.43 bits per heavy atom. The van der Waals surface area contributed by atoms with Crippen LogP contribution in [0.25, 0.3) is 6.08 Å². The fourth-order valence-electron chi connectivity index (χ4n) is 1.66. The maximum absolute atomic E-state index is 12.1. The molecule has 0 aliphatic heterocycles.